The molecule has 0 aromatic carbocycles. The maximum absolute atomic E-state index is 10.9. The molecule has 0 saturated carbocycles. The van der Waals surface area contributed by atoms with Crippen LogP contribution >= 0.6 is 0 Å². The zero-order valence-corrected chi connectivity index (χ0v) is 10.2. The Kier molecular flexibility index (Phi) is 3.53. The highest BCUT2D eigenvalue weighted by Crippen LogP contribution is 2.39. The Hall–Kier alpha value is -0.170. The van der Waals surface area contributed by atoms with E-state index in [0.29, 0.717) is 6.61 Å². The van der Waals surface area contributed by atoms with E-state index in [1.54, 1.807) is 0 Å². The van der Waals surface area contributed by atoms with Crippen LogP contribution in [0.15, 0.2) is 0 Å². The summed E-state index contributed by atoms with van der Waals surface area (Å²) < 4.78 is 32.9. The number of ether oxygens (including phenoxy) is 2. The first kappa shape index (κ1) is 12.3. The Bertz CT molecular complexity index is 325. The summed E-state index contributed by atoms with van der Waals surface area (Å²) in [6.45, 7) is 2.24. The van der Waals surface area contributed by atoms with Crippen molar-refractivity contribution in [3.8, 4) is 0 Å². The average molecular weight is 249 g/mol. The molecule has 0 aliphatic carbocycles. The lowest BCUT2D eigenvalue weighted by Crippen LogP contribution is -2.42. The maximum Gasteiger partial charge on any atom is 0.211 e. The molecular formula is C10H19NO4S. The Balaban J connectivity index is 1.86. The van der Waals surface area contributed by atoms with Gasteiger partial charge in [-0.3, -0.25) is 0 Å². The van der Waals surface area contributed by atoms with E-state index in [1.165, 1.54) is 0 Å². The molecule has 0 aromatic rings. The van der Waals surface area contributed by atoms with E-state index in [1.807, 2.05) is 0 Å². The van der Waals surface area contributed by atoms with Crippen molar-refractivity contribution in [1.82, 2.24) is 0 Å². The Morgan fingerprint density at radius 2 is 1.94 bits per heavy atom. The van der Waals surface area contributed by atoms with Crippen LogP contribution in [0.4, 0.5) is 0 Å². The van der Waals surface area contributed by atoms with Crippen LogP contribution in [0.3, 0.4) is 0 Å². The van der Waals surface area contributed by atoms with Crippen molar-refractivity contribution in [2.45, 2.75) is 31.8 Å². The molecule has 0 amide bonds. The fourth-order valence-corrected chi connectivity index (χ4v) is 3.29. The van der Waals surface area contributed by atoms with Gasteiger partial charge in [0.15, 0.2) is 0 Å². The number of nitrogens with two attached hydrogens (primary N) is 1. The fourth-order valence-electron chi connectivity index (χ4n) is 2.51. The van der Waals surface area contributed by atoms with Crippen molar-refractivity contribution in [3.05, 3.63) is 0 Å². The third-order valence-corrected chi connectivity index (χ3v) is 4.43. The molecule has 5 nitrogen and oxygen atoms in total. The molecule has 0 radical (unpaired) electrons. The van der Waals surface area contributed by atoms with Crippen LogP contribution in [-0.2, 0) is 19.5 Å². The van der Waals surface area contributed by atoms with Gasteiger partial charge in [-0.25, -0.2) is 13.6 Å². The first-order chi connectivity index (χ1) is 7.49. The van der Waals surface area contributed by atoms with Crippen LogP contribution in [0.1, 0.15) is 25.7 Å². The summed E-state index contributed by atoms with van der Waals surface area (Å²) in [6, 6.07) is 0. The van der Waals surface area contributed by atoms with Crippen LogP contribution in [0.25, 0.3) is 0 Å². The molecule has 1 unspecified atom stereocenters. The largest absolute Gasteiger partial charge is 0.381 e. The molecule has 94 valence electrons. The fraction of sp³-hybridized carbons (Fsp3) is 1.00. The summed E-state index contributed by atoms with van der Waals surface area (Å²) in [5.41, 5.74) is 0.229. The topological polar surface area (TPSA) is 78.6 Å². The first-order valence-electron chi connectivity index (χ1n) is 5.69. The maximum atomic E-state index is 10.9. The molecule has 2 fully saturated rings. The number of hydrogen-bond acceptors (Lipinski definition) is 4. The van der Waals surface area contributed by atoms with E-state index in [2.05, 4.69) is 0 Å². The number of sulfonamides is 1. The van der Waals surface area contributed by atoms with Crippen LogP contribution < -0.4 is 5.14 Å². The standard InChI is InChI=1S/C10H19NO4S/c11-16(12,13)7-9-1-2-10(8-15-9)3-5-14-6-4-10/h9H,1-8H2,(H2,11,12,13). The van der Waals surface area contributed by atoms with Gasteiger partial charge in [0.1, 0.15) is 0 Å². The highest BCUT2D eigenvalue weighted by atomic mass is 32.2. The molecule has 2 aliphatic rings. The van der Waals surface area contributed by atoms with Gasteiger partial charge in [0, 0.05) is 13.2 Å². The first-order valence-corrected chi connectivity index (χ1v) is 7.41. The minimum atomic E-state index is -3.42. The number of hydrogen-bond donors (Lipinski definition) is 1. The van der Waals surface area contributed by atoms with E-state index in [4.69, 9.17) is 14.6 Å². The summed E-state index contributed by atoms with van der Waals surface area (Å²) in [5.74, 6) is -0.0560. The summed E-state index contributed by atoms with van der Waals surface area (Å²) in [6.07, 6.45) is 3.64. The van der Waals surface area contributed by atoms with Crippen molar-refractivity contribution in [2.75, 3.05) is 25.6 Å². The van der Waals surface area contributed by atoms with Crippen molar-refractivity contribution >= 4 is 10.0 Å². The van der Waals surface area contributed by atoms with Crippen molar-refractivity contribution in [1.29, 1.82) is 0 Å². The van der Waals surface area contributed by atoms with Gasteiger partial charge < -0.3 is 9.47 Å². The van der Waals surface area contributed by atoms with E-state index >= 15 is 0 Å². The predicted octanol–water partition coefficient (Wildman–Crippen LogP) is 0.251. The molecule has 16 heavy (non-hydrogen) atoms. The second-order valence-corrected chi connectivity index (χ2v) is 6.57. The minimum Gasteiger partial charge on any atom is -0.381 e. The minimum absolute atomic E-state index is 0.0560. The van der Waals surface area contributed by atoms with Gasteiger partial charge in [0.25, 0.3) is 0 Å². The highest BCUT2D eigenvalue weighted by molar-refractivity contribution is 7.89. The van der Waals surface area contributed by atoms with Gasteiger partial charge >= 0.3 is 0 Å². The molecule has 2 saturated heterocycles. The normalized spacial score (nSPS) is 30.4. The summed E-state index contributed by atoms with van der Waals surface area (Å²) in [4.78, 5) is 0. The van der Waals surface area contributed by atoms with E-state index in [0.717, 1.165) is 38.9 Å². The van der Waals surface area contributed by atoms with Crippen molar-refractivity contribution in [2.24, 2.45) is 10.6 Å². The summed E-state index contributed by atoms with van der Waals surface area (Å²) in [5, 5.41) is 5.01. The predicted molar refractivity (Wildman–Crippen MR) is 59.4 cm³/mol. The third kappa shape index (κ3) is 3.16. The molecular weight excluding hydrogens is 230 g/mol. The number of primary sulfonamides is 1. The van der Waals surface area contributed by atoms with Gasteiger partial charge in [0.05, 0.1) is 18.5 Å². The third-order valence-electron chi connectivity index (χ3n) is 3.59. The average Bonchev–Trinajstić information content (AvgIpc) is 2.22. The second-order valence-electron chi connectivity index (χ2n) is 4.91. The Labute approximate surface area is 96.3 Å². The van der Waals surface area contributed by atoms with Crippen LogP contribution in [0.5, 0.6) is 0 Å². The zero-order valence-electron chi connectivity index (χ0n) is 9.35. The quantitative estimate of drug-likeness (QED) is 0.761. The monoisotopic (exact) mass is 249 g/mol. The molecule has 0 aromatic heterocycles. The number of rotatable bonds is 2. The molecule has 0 bridgehead atoms. The Morgan fingerprint density at radius 1 is 1.25 bits per heavy atom. The van der Waals surface area contributed by atoms with Gasteiger partial charge in [-0.05, 0) is 31.1 Å². The van der Waals surface area contributed by atoms with Crippen LogP contribution in [-0.4, -0.2) is 40.1 Å². The summed E-state index contributed by atoms with van der Waals surface area (Å²) >= 11 is 0. The van der Waals surface area contributed by atoms with E-state index in [-0.39, 0.29) is 17.3 Å². The smallest absolute Gasteiger partial charge is 0.211 e. The molecule has 2 N–H and O–H groups in total. The lowest BCUT2D eigenvalue weighted by molar-refractivity contribution is -0.0983. The second kappa shape index (κ2) is 4.60. The molecule has 1 atom stereocenters. The van der Waals surface area contributed by atoms with Gasteiger partial charge in [0.2, 0.25) is 10.0 Å². The van der Waals surface area contributed by atoms with E-state index in [9.17, 15) is 8.42 Å². The SMILES string of the molecule is NS(=O)(=O)CC1CCC2(CCOCC2)CO1. The molecule has 6 heteroatoms. The van der Waals surface area contributed by atoms with Crippen molar-refractivity contribution in [3.63, 3.8) is 0 Å². The van der Waals surface area contributed by atoms with E-state index < -0.39 is 10.0 Å². The highest BCUT2D eigenvalue weighted by Gasteiger charge is 2.38. The molecule has 2 rings (SSSR count). The summed E-state index contributed by atoms with van der Waals surface area (Å²) in [7, 11) is -3.42. The van der Waals surface area contributed by atoms with Crippen molar-refractivity contribution < 1.29 is 17.9 Å². The van der Waals surface area contributed by atoms with Gasteiger partial charge in [-0.2, -0.15) is 0 Å². The van der Waals surface area contributed by atoms with Crippen LogP contribution in [0, 0.1) is 5.41 Å². The lowest BCUT2D eigenvalue weighted by atomic mass is 9.75. The van der Waals surface area contributed by atoms with Gasteiger partial charge in [-0.1, -0.05) is 0 Å². The van der Waals surface area contributed by atoms with Gasteiger partial charge in [-0.15, -0.1) is 0 Å². The lowest BCUT2D eigenvalue weighted by Gasteiger charge is -2.42. The zero-order chi connectivity index (χ0) is 11.6. The molecule has 1 spiro atoms. The molecule has 2 aliphatic heterocycles. The Morgan fingerprint density at radius 3 is 2.44 bits per heavy atom. The van der Waals surface area contributed by atoms with Crippen LogP contribution in [0.2, 0.25) is 0 Å². The molecule has 2 heterocycles.